The van der Waals surface area contributed by atoms with Gasteiger partial charge in [0.05, 0.1) is 4.08 Å². The fraction of sp³-hybridized carbons (Fsp3) is 0.400. The fourth-order valence-corrected chi connectivity index (χ4v) is 6.08. The summed E-state index contributed by atoms with van der Waals surface area (Å²) in [6, 6.07) is 21.8. The molecule has 0 amide bonds. The summed E-state index contributed by atoms with van der Waals surface area (Å²) in [5.41, 5.74) is 2.91. The van der Waals surface area contributed by atoms with E-state index in [0.717, 1.165) is 11.5 Å². The van der Waals surface area contributed by atoms with Crippen molar-refractivity contribution in [3.05, 3.63) is 71.8 Å². The first-order valence-electron chi connectivity index (χ1n) is 8.22. The van der Waals surface area contributed by atoms with Crippen molar-refractivity contribution >= 4 is 23.5 Å². The largest absolute Gasteiger partial charge is 0.139 e. The molecule has 0 aromatic heterocycles. The van der Waals surface area contributed by atoms with Crippen LogP contribution in [0.3, 0.4) is 0 Å². The molecule has 0 saturated heterocycles. The van der Waals surface area contributed by atoms with Crippen molar-refractivity contribution in [1.82, 2.24) is 0 Å². The summed E-state index contributed by atoms with van der Waals surface area (Å²) in [5.74, 6) is 2.28. The van der Waals surface area contributed by atoms with Gasteiger partial charge in [-0.2, -0.15) is 0 Å². The molecule has 2 heteroatoms. The minimum atomic E-state index is 0.421. The zero-order valence-corrected chi connectivity index (χ0v) is 14.7. The van der Waals surface area contributed by atoms with Gasteiger partial charge in [-0.1, -0.05) is 79.9 Å². The standard InChI is InChI=1S/C20H24S2/c1-4-10-18(11-5-1)16-21-20(14-8-3-9-15-20)22-17-19-12-6-2-7-13-19/h1-2,4-7,10-13H,3,8-9,14-17H2. The van der Waals surface area contributed by atoms with Gasteiger partial charge in [0.15, 0.2) is 0 Å². The van der Waals surface area contributed by atoms with Crippen LogP contribution in [0, 0.1) is 0 Å². The summed E-state index contributed by atoms with van der Waals surface area (Å²) in [7, 11) is 0. The summed E-state index contributed by atoms with van der Waals surface area (Å²) in [4.78, 5) is 0. The first-order chi connectivity index (χ1) is 10.9. The van der Waals surface area contributed by atoms with Crippen LogP contribution < -0.4 is 0 Å². The molecule has 1 aliphatic rings. The Kier molecular flexibility index (Phi) is 5.91. The van der Waals surface area contributed by atoms with Gasteiger partial charge in [0.2, 0.25) is 0 Å². The quantitative estimate of drug-likeness (QED) is 0.554. The molecule has 0 unspecified atom stereocenters. The Hall–Kier alpha value is -0.860. The van der Waals surface area contributed by atoms with E-state index in [9.17, 15) is 0 Å². The van der Waals surface area contributed by atoms with Crippen LogP contribution in [0.2, 0.25) is 0 Å². The Morgan fingerprint density at radius 2 is 1.09 bits per heavy atom. The van der Waals surface area contributed by atoms with E-state index in [2.05, 4.69) is 84.2 Å². The van der Waals surface area contributed by atoms with Gasteiger partial charge in [-0.3, -0.25) is 0 Å². The zero-order valence-electron chi connectivity index (χ0n) is 13.0. The summed E-state index contributed by atoms with van der Waals surface area (Å²) in [6.45, 7) is 0. The van der Waals surface area contributed by atoms with E-state index >= 15 is 0 Å². The van der Waals surface area contributed by atoms with Crippen LogP contribution in [-0.4, -0.2) is 4.08 Å². The first-order valence-corrected chi connectivity index (χ1v) is 10.2. The molecule has 0 radical (unpaired) electrons. The van der Waals surface area contributed by atoms with E-state index in [1.807, 2.05) is 0 Å². The smallest absolute Gasteiger partial charge is 0.0617 e. The molecule has 1 fully saturated rings. The van der Waals surface area contributed by atoms with Gasteiger partial charge in [-0.15, -0.1) is 23.5 Å². The van der Waals surface area contributed by atoms with Crippen LogP contribution in [0.5, 0.6) is 0 Å². The van der Waals surface area contributed by atoms with Gasteiger partial charge in [0.1, 0.15) is 0 Å². The van der Waals surface area contributed by atoms with Gasteiger partial charge >= 0.3 is 0 Å². The molecule has 0 nitrogen and oxygen atoms in total. The Morgan fingerprint density at radius 1 is 0.636 bits per heavy atom. The minimum absolute atomic E-state index is 0.421. The maximum atomic E-state index is 2.26. The number of hydrogen-bond acceptors (Lipinski definition) is 2. The van der Waals surface area contributed by atoms with Crippen LogP contribution in [0.15, 0.2) is 60.7 Å². The molecular weight excluding hydrogens is 304 g/mol. The van der Waals surface area contributed by atoms with E-state index in [1.165, 1.54) is 43.2 Å². The summed E-state index contributed by atoms with van der Waals surface area (Å²) in [5, 5.41) is 0. The van der Waals surface area contributed by atoms with E-state index < -0.39 is 0 Å². The fourth-order valence-electron chi connectivity index (χ4n) is 3.00. The topological polar surface area (TPSA) is 0 Å². The SMILES string of the molecule is c1ccc(CSC2(SCc3ccccc3)CCCCC2)cc1. The van der Waals surface area contributed by atoms with Crippen LogP contribution in [0.25, 0.3) is 0 Å². The van der Waals surface area contributed by atoms with Crippen molar-refractivity contribution in [3.63, 3.8) is 0 Å². The lowest BCUT2D eigenvalue weighted by atomic mass is 10.00. The summed E-state index contributed by atoms with van der Waals surface area (Å²) < 4.78 is 0.421. The highest BCUT2D eigenvalue weighted by atomic mass is 32.2. The molecule has 2 aromatic carbocycles. The third kappa shape index (κ3) is 4.57. The van der Waals surface area contributed by atoms with E-state index in [1.54, 1.807) is 0 Å². The van der Waals surface area contributed by atoms with Crippen LogP contribution >= 0.6 is 23.5 Å². The molecule has 2 aromatic rings. The van der Waals surface area contributed by atoms with Crippen molar-refractivity contribution in [2.24, 2.45) is 0 Å². The Balaban J connectivity index is 1.62. The molecule has 3 rings (SSSR count). The van der Waals surface area contributed by atoms with Crippen molar-refractivity contribution in [2.75, 3.05) is 0 Å². The highest BCUT2D eigenvalue weighted by Gasteiger charge is 2.32. The van der Waals surface area contributed by atoms with Crippen LogP contribution in [0.4, 0.5) is 0 Å². The second kappa shape index (κ2) is 8.12. The van der Waals surface area contributed by atoms with Gasteiger partial charge in [0, 0.05) is 11.5 Å². The van der Waals surface area contributed by atoms with Gasteiger partial charge in [-0.05, 0) is 24.0 Å². The van der Waals surface area contributed by atoms with Crippen molar-refractivity contribution in [1.29, 1.82) is 0 Å². The molecule has 1 aliphatic carbocycles. The molecule has 0 spiro atoms. The molecule has 0 bridgehead atoms. The lowest BCUT2D eigenvalue weighted by molar-refractivity contribution is 0.490. The third-order valence-corrected chi connectivity index (χ3v) is 7.84. The average Bonchev–Trinajstić information content (AvgIpc) is 2.61. The molecule has 0 aliphatic heterocycles. The number of thioether (sulfide) groups is 2. The second-order valence-corrected chi connectivity index (χ2v) is 9.00. The lowest BCUT2D eigenvalue weighted by Gasteiger charge is -2.36. The normalized spacial score (nSPS) is 17.3. The van der Waals surface area contributed by atoms with Gasteiger partial charge in [0.25, 0.3) is 0 Å². The van der Waals surface area contributed by atoms with Gasteiger partial charge in [-0.25, -0.2) is 0 Å². The number of hydrogen-bond donors (Lipinski definition) is 0. The molecule has 0 atom stereocenters. The van der Waals surface area contributed by atoms with Crippen LogP contribution in [0.1, 0.15) is 43.2 Å². The summed E-state index contributed by atoms with van der Waals surface area (Å²) in [6.07, 6.45) is 6.93. The number of rotatable bonds is 6. The van der Waals surface area contributed by atoms with Crippen LogP contribution in [-0.2, 0) is 11.5 Å². The first kappa shape index (κ1) is 16.0. The highest BCUT2D eigenvalue weighted by molar-refractivity contribution is 8.17. The predicted octanol–water partition coefficient (Wildman–Crippen LogP) is 6.51. The Bertz CT molecular complexity index is 499. The predicted molar refractivity (Wildman–Crippen MR) is 101 cm³/mol. The van der Waals surface area contributed by atoms with Crippen molar-refractivity contribution in [3.8, 4) is 0 Å². The minimum Gasteiger partial charge on any atom is -0.139 e. The maximum absolute atomic E-state index is 2.26. The average molecular weight is 329 g/mol. The Labute approximate surface area is 143 Å². The Morgan fingerprint density at radius 3 is 1.55 bits per heavy atom. The zero-order chi connectivity index (χ0) is 15.1. The lowest BCUT2D eigenvalue weighted by Crippen LogP contribution is -2.24. The molecule has 0 heterocycles. The monoisotopic (exact) mass is 328 g/mol. The maximum Gasteiger partial charge on any atom is 0.0617 e. The molecular formula is C20H24S2. The van der Waals surface area contributed by atoms with Crippen molar-refractivity contribution in [2.45, 2.75) is 47.7 Å². The molecule has 22 heavy (non-hydrogen) atoms. The second-order valence-electron chi connectivity index (χ2n) is 6.02. The van der Waals surface area contributed by atoms with E-state index in [4.69, 9.17) is 0 Å². The van der Waals surface area contributed by atoms with E-state index in [0.29, 0.717) is 4.08 Å². The van der Waals surface area contributed by atoms with E-state index in [-0.39, 0.29) is 0 Å². The molecule has 0 N–H and O–H groups in total. The molecule has 116 valence electrons. The third-order valence-electron chi connectivity index (χ3n) is 4.30. The van der Waals surface area contributed by atoms with Gasteiger partial charge < -0.3 is 0 Å². The molecule has 1 saturated carbocycles. The number of benzene rings is 2. The van der Waals surface area contributed by atoms with Crippen molar-refractivity contribution < 1.29 is 0 Å². The highest BCUT2D eigenvalue weighted by Crippen LogP contribution is 2.50. The summed E-state index contributed by atoms with van der Waals surface area (Å²) >= 11 is 4.36.